The second-order valence-electron chi connectivity index (χ2n) is 3.61. The minimum Gasteiger partial charge on any atom is -0.476 e. The second kappa shape index (κ2) is 6.00. The van der Waals surface area contributed by atoms with E-state index in [1.165, 1.54) is 12.5 Å². The Hall–Kier alpha value is -1.89. The first-order valence-electron chi connectivity index (χ1n) is 5.33. The molecule has 0 aliphatic rings. The van der Waals surface area contributed by atoms with Gasteiger partial charge in [0.2, 0.25) is 5.91 Å². The molecule has 0 aromatic carbocycles. The molecule has 0 fully saturated rings. The summed E-state index contributed by atoms with van der Waals surface area (Å²) >= 11 is 0. The molecule has 1 rings (SSSR count). The highest BCUT2D eigenvalue weighted by atomic mass is 16.4. The number of nitrogens with two attached hydrogens (primary N) is 1. The van der Waals surface area contributed by atoms with Crippen LogP contribution in [0.5, 0.6) is 0 Å². The number of carboxylic acid groups (broad SMARTS) is 1. The topological polar surface area (TPSA) is 110 Å². The van der Waals surface area contributed by atoms with E-state index in [-0.39, 0.29) is 11.6 Å². The Balaban J connectivity index is 2.35. The number of carboxylic acids is 1. The zero-order chi connectivity index (χ0) is 12.8. The Morgan fingerprint density at radius 3 is 2.88 bits per heavy atom. The molecule has 1 unspecified atom stereocenters. The van der Waals surface area contributed by atoms with Crippen molar-refractivity contribution in [2.24, 2.45) is 5.73 Å². The molecule has 4 N–H and O–H groups in total. The quantitative estimate of drug-likeness (QED) is 0.617. The summed E-state index contributed by atoms with van der Waals surface area (Å²) in [5.74, 6) is -1.27. The fraction of sp³-hybridized carbons (Fsp3) is 0.500. The molecule has 0 aliphatic carbocycles. The first kappa shape index (κ1) is 13.2. The van der Waals surface area contributed by atoms with Crippen LogP contribution in [0.25, 0.3) is 0 Å². The summed E-state index contributed by atoms with van der Waals surface area (Å²) in [4.78, 5) is 25.6. The van der Waals surface area contributed by atoms with E-state index in [2.05, 4.69) is 10.3 Å². The van der Waals surface area contributed by atoms with Gasteiger partial charge in [-0.2, -0.15) is 0 Å². The van der Waals surface area contributed by atoms with Crippen molar-refractivity contribution >= 4 is 11.9 Å². The Bertz CT molecular complexity index is 402. The van der Waals surface area contributed by atoms with Crippen LogP contribution in [0.3, 0.4) is 0 Å². The highest BCUT2D eigenvalue weighted by Gasteiger charge is 2.10. The molecule has 1 aromatic rings. The van der Waals surface area contributed by atoms with Crippen LogP contribution < -0.4 is 11.1 Å². The van der Waals surface area contributed by atoms with Gasteiger partial charge in [-0.15, -0.1) is 0 Å². The summed E-state index contributed by atoms with van der Waals surface area (Å²) in [6.07, 6.45) is 3.41. The predicted molar refractivity (Wildman–Crippen MR) is 60.5 cm³/mol. The van der Waals surface area contributed by atoms with Gasteiger partial charge in [0.25, 0.3) is 0 Å². The molecule has 0 aliphatic heterocycles. The van der Waals surface area contributed by atoms with Gasteiger partial charge in [-0.05, 0) is 6.42 Å². The van der Waals surface area contributed by atoms with Crippen molar-refractivity contribution in [3.05, 3.63) is 18.2 Å². The zero-order valence-electron chi connectivity index (χ0n) is 9.59. The van der Waals surface area contributed by atoms with Crippen molar-refractivity contribution in [2.45, 2.75) is 25.9 Å². The van der Waals surface area contributed by atoms with E-state index in [9.17, 15) is 9.59 Å². The molecule has 17 heavy (non-hydrogen) atoms. The van der Waals surface area contributed by atoms with E-state index in [1.54, 1.807) is 4.57 Å². The number of hydrogen-bond donors (Lipinski definition) is 3. The van der Waals surface area contributed by atoms with Crippen LogP contribution in [-0.2, 0) is 11.3 Å². The number of rotatable bonds is 6. The SMILES string of the molecule is CCC(N)C(=O)NCCn1cnc(C(=O)O)c1. The molecular formula is C10H16N4O3. The third-order valence-electron chi connectivity index (χ3n) is 2.30. The molecule has 0 bridgehead atoms. The molecule has 0 saturated heterocycles. The molecule has 7 heteroatoms. The van der Waals surface area contributed by atoms with E-state index < -0.39 is 12.0 Å². The van der Waals surface area contributed by atoms with Gasteiger partial charge in [0.15, 0.2) is 5.69 Å². The van der Waals surface area contributed by atoms with E-state index >= 15 is 0 Å². The number of amides is 1. The lowest BCUT2D eigenvalue weighted by atomic mass is 10.2. The second-order valence-corrected chi connectivity index (χ2v) is 3.61. The largest absolute Gasteiger partial charge is 0.476 e. The minimum absolute atomic E-state index is 0.0124. The van der Waals surface area contributed by atoms with Crippen molar-refractivity contribution in [3.8, 4) is 0 Å². The van der Waals surface area contributed by atoms with Crippen LogP contribution in [0.15, 0.2) is 12.5 Å². The lowest BCUT2D eigenvalue weighted by molar-refractivity contribution is -0.122. The van der Waals surface area contributed by atoms with Crippen LogP contribution in [0.1, 0.15) is 23.8 Å². The standard InChI is InChI=1S/C10H16N4O3/c1-2-7(11)9(15)12-3-4-14-5-8(10(16)17)13-6-14/h5-7H,2-4,11H2,1H3,(H,12,15)(H,16,17). The average Bonchev–Trinajstić information content (AvgIpc) is 2.76. The fourth-order valence-corrected chi connectivity index (χ4v) is 1.22. The molecule has 1 amide bonds. The van der Waals surface area contributed by atoms with Gasteiger partial charge in [-0.1, -0.05) is 6.92 Å². The molecule has 7 nitrogen and oxygen atoms in total. The predicted octanol–water partition coefficient (Wildman–Crippen LogP) is -0.565. The normalized spacial score (nSPS) is 12.1. The lowest BCUT2D eigenvalue weighted by Gasteiger charge is -2.09. The number of nitrogens with zero attached hydrogens (tertiary/aromatic N) is 2. The van der Waals surface area contributed by atoms with Crippen LogP contribution >= 0.6 is 0 Å². The molecule has 0 spiro atoms. The smallest absolute Gasteiger partial charge is 0.356 e. The average molecular weight is 240 g/mol. The summed E-state index contributed by atoms with van der Waals surface area (Å²) in [6, 6.07) is -0.493. The lowest BCUT2D eigenvalue weighted by Crippen LogP contribution is -2.41. The fourth-order valence-electron chi connectivity index (χ4n) is 1.22. The third kappa shape index (κ3) is 3.87. The summed E-state index contributed by atoms with van der Waals surface area (Å²) < 4.78 is 1.60. The molecule has 1 aromatic heterocycles. The molecular weight excluding hydrogens is 224 g/mol. The van der Waals surface area contributed by atoms with E-state index in [0.717, 1.165) is 0 Å². The van der Waals surface area contributed by atoms with Crippen LogP contribution in [0, 0.1) is 0 Å². The van der Waals surface area contributed by atoms with Gasteiger partial charge in [0, 0.05) is 19.3 Å². The molecule has 1 atom stereocenters. The first-order valence-corrected chi connectivity index (χ1v) is 5.33. The molecule has 94 valence electrons. The summed E-state index contributed by atoms with van der Waals surface area (Å²) in [7, 11) is 0. The number of carbonyl (C=O) groups is 2. The molecule has 0 saturated carbocycles. The highest BCUT2D eigenvalue weighted by molar-refractivity contribution is 5.84. The summed E-state index contributed by atoms with van der Waals surface area (Å²) in [5, 5.41) is 11.3. The number of carbonyl (C=O) groups excluding carboxylic acids is 1. The van der Waals surface area contributed by atoms with Gasteiger partial charge in [0.05, 0.1) is 12.4 Å². The van der Waals surface area contributed by atoms with Crippen molar-refractivity contribution in [2.75, 3.05) is 6.54 Å². The van der Waals surface area contributed by atoms with Crippen molar-refractivity contribution in [1.29, 1.82) is 0 Å². The monoisotopic (exact) mass is 240 g/mol. The first-order chi connectivity index (χ1) is 8.04. The number of hydrogen-bond acceptors (Lipinski definition) is 4. The van der Waals surface area contributed by atoms with Crippen LogP contribution in [0.4, 0.5) is 0 Å². The van der Waals surface area contributed by atoms with Gasteiger partial charge in [-0.25, -0.2) is 9.78 Å². The maximum atomic E-state index is 11.3. The van der Waals surface area contributed by atoms with E-state index in [1.807, 2.05) is 6.92 Å². The maximum absolute atomic E-state index is 11.3. The summed E-state index contributed by atoms with van der Waals surface area (Å²) in [5.41, 5.74) is 5.52. The van der Waals surface area contributed by atoms with Crippen molar-refractivity contribution in [1.82, 2.24) is 14.9 Å². The Kier molecular flexibility index (Phi) is 4.65. The van der Waals surface area contributed by atoms with Crippen molar-refractivity contribution in [3.63, 3.8) is 0 Å². The van der Waals surface area contributed by atoms with Crippen LogP contribution in [0.2, 0.25) is 0 Å². The number of aromatic nitrogens is 2. The number of imidazole rings is 1. The molecule has 0 radical (unpaired) electrons. The van der Waals surface area contributed by atoms with E-state index in [4.69, 9.17) is 10.8 Å². The Morgan fingerprint density at radius 1 is 1.65 bits per heavy atom. The maximum Gasteiger partial charge on any atom is 0.356 e. The van der Waals surface area contributed by atoms with Gasteiger partial charge in [-0.3, -0.25) is 4.79 Å². The number of nitrogens with one attached hydrogen (secondary N) is 1. The van der Waals surface area contributed by atoms with Gasteiger partial charge >= 0.3 is 5.97 Å². The van der Waals surface area contributed by atoms with Gasteiger partial charge in [0.1, 0.15) is 0 Å². The zero-order valence-corrected chi connectivity index (χ0v) is 9.59. The number of aromatic carboxylic acids is 1. The molecule has 1 heterocycles. The van der Waals surface area contributed by atoms with Gasteiger partial charge < -0.3 is 20.7 Å². The Labute approximate surface area is 98.6 Å². The highest BCUT2D eigenvalue weighted by Crippen LogP contribution is 1.95. The summed E-state index contributed by atoms with van der Waals surface area (Å²) in [6.45, 7) is 2.68. The van der Waals surface area contributed by atoms with E-state index in [0.29, 0.717) is 19.5 Å². The van der Waals surface area contributed by atoms with Crippen LogP contribution in [-0.4, -0.2) is 39.1 Å². The minimum atomic E-state index is -1.07. The third-order valence-corrected chi connectivity index (χ3v) is 2.30. The Morgan fingerprint density at radius 2 is 2.35 bits per heavy atom. The van der Waals surface area contributed by atoms with Crippen molar-refractivity contribution < 1.29 is 14.7 Å².